The fraction of sp³-hybridized carbons (Fsp3) is 0.119. The molecule has 0 atom stereocenters. The Hall–Kier alpha value is -12.9. The van der Waals surface area contributed by atoms with Gasteiger partial charge in [-0.15, -0.1) is 0 Å². The maximum absolute atomic E-state index is 2.41. The smallest absolute Gasteiger partial charge is 0.0604 e. The lowest BCUT2D eigenvalue weighted by molar-refractivity contribution is 0.627. The third-order valence-electron chi connectivity index (χ3n) is 23.3. The van der Waals surface area contributed by atoms with Crippen molar-refractivity contribution in [2.45, 2.75) is 95.3 Å². The Morgan fingerprint density at radius 2 is 0.482 bits per heavy atom. The molecule has 20 rings (SSSR count). The van der Waals surface area contributed by atoms with E-state index in [-0.39, 0.29) is 16.2 Å². The van der Waals surface area contributed by atoms with Gasteiger partial charge in [0.2, 0.25) is 0 Å². The first-order chi connectivity index (χ1) is 55.5. The molecule has 0 bridgehead atoms. The Morgan fingerprint density at radius 1 is 0.193 bits per heavy atom. The van der Waals surface area contributed by atoms with Crippen molar-refractivity contribution in [3.63, 3.8) is 0 Å². The second kappa shape index (κ2) is 31.0. The van der Waals surface area contributed by atoms with Crippen molar-refractivity contribution in [1.82, 2.24) is 0 Å². The third kappa shape index (κ3) is 14.1. The summed E-state index contributed by atoms with van der Waals surface area (Å²) in [5, 5.41) is 0. The number of fused-ring (bicyclic) bond motifs is 8. The van der Waals surface area contributed by atoms with Gasteiger partial charge in [0.1, 0.15) is 0 Å². The zero-order valence-corrected chi connectivity index (χ0v) is 67.5. The number of nitrogens with zero attached hydrogens (tertiary/aromatic N) is 4. The zero-order chi connectivity index (χ0) is 78.2. The summed E-state index contributed by atoms with van der Waals surface area (Å²) in [5.41, 5.74) is 38.2. The van der Waals surface area contributed by atoms with E-state index in [9.17, 15) is 0 Å². The summed E-state index contributed by atoms with van der Waals surface area (Å²) in [6, 6.07) is 140. The lowest BCUT2D eigenvalue weighted by atomic mass is 9.72. The molecule has 0 N–H and O–H groups in total. The summed E-state index contributed by atoms with van der Waals surface area (Å²) in [6.07, 6.45) is 0. The first kappa shape index (κ1) is 73.8. The molecule has 16 aromatic rings. The van der Waals surface area contributed by atoms with Crippen molar-refractivity contribution in [2.75, 3.05) is 19.6 Å². The Labute approximate surface area is 678 Å². The second-order valence-corrected chi connectivity index (χ2v) is 33.1. The second-order valence-electron chi connectivity index (χ2n) is 32.0. The highest BCUT2D eigenvalue weighted by Gasteiger charge is 2.40. The van der Waals surface area contributed by atoms with Crippen LogP contribution in [0, 0.1) is 27.7 Å². The van der Waals surface area contributed by atoms with Crippen molar-refractivity contribution in [1.29, 1.82) is 0 Å². The fourth-order valence-electron chi connectivity index (χ4n) is 17.5. The number of para-hydroxylation sites is 4. The third-order valence-corrected chi connectivity index (χ3v) is 24.4. The van der Waals surface area contributed by atoms with E-state index in [0.29, 0.717) is 0 Å². The predicted molar refractivity (Wildman–Crippen MR) is 486 cm³/mol. The van der Waals surface area contributed by atoms with Gasteiger partial charge in [-0.2, -0.15) is 0 Å². The lowest BCUT2D eigenvalue weighted by Gasteiger charge is -2.43. The van der Waals surface area contributed by atoms with E-state index in [1.165, 1.54) is 178 Å². The van der Waals surface area contributed by atoms with Crippen LogP contribution in [0.15, 0.2) is 398 Å². The molecule has 4 aliphatic rings. The summed E-state index contributed by atoms with van der Waals surface area (Å²) in [6.45, 7) is 22.7. The van der Waals surface area contributed by atoms with E-state index in [4.69, 9.17) is 0 Å². The van der Waals surface area contributed by atoms with Crippen LogP contribution in [0.5, 0.6) is 0 Å². The molecule has 5 heteroatoms. The van der Waals surface area contributed by atoms with Gasteiger partial charge in [-0.1, -0.05) is 338 Å². The van der Waals surface area contributed by atoms with E-state index in [1.54, 1.807) is 0 Å². The van der Waals surface area contributed by atoms with Crippen LogP contribution in [-0.2, 0) is 16.2 Å². The SMILES string of the molecule is Cc1ccc2c(c1)C(C)(C)c1ccccc1N2c1ccc(-c2ccccc2)cc1.Cc1ccc2c(c1)N(c1ccc(-c3ccccc3)cc1)c1ccccc1C2(C)C.Cc1ccc2c(c1)N(c1ccc(-c3ccccc3)cc1)c1ccccc1S2.Cc1cccc2c1C(C)(C)c1ccccc1N2c1ccc(-c2ccccc2)cc1. The number of hydrogen-bond donors (Lipinski definition) is 0. The number of hydrogen-bond acceptors (Lipinski definition) is 5. The van der Waals surface area contributed by atoms with Gasteiger partial charge in [-0.3, -0.25) is 0 Å². The van der Waals surface area contributed by atoms with Crippen LogP contribution >= 0.6 is 11.8 Å². The van der Waals surface area contributed by atoms with Crippen LogP contribution in [0.4, 0.5) is 68.2 Å². The van der Waals surface area contributed by atoms with E-state index < -0.39 is 0 Å². The summed E-state index contributed by atoms with van der Waals surface area (Å²) in [4.78, 5) is 12.2. The van der Waals surface area contributed by atoms with Gasteiger partial charge in [0.15, 0.2) is 0 Å². The van der Waals surface area contributed by atoms with E-state index in [0.717, 1.165) is 0 Å². The first-order valence-corrected chi connectivity index (χ1v) is 40.6. The van der Waals surface area contributed by atoms with Crippen molar-refractivity contribution in [3.05, 3.63) is 444 Å². The van der Waals surface area contributed by atoms with Crippen LogP contribution in [0.25, 0.3) is 44.5 Å². The zero-order valence-electron chi connectivity index (χ0n) is 66.6. The van der Waals surface area contributed by atoms with Crippen LogP contribution in [0.2, 0.25) is 0 Å². The first-order valence-electron chi connectivity index (χ1n) is 39.8. The minimum Gasteiger partial charge on any atom is -0.310 e. The molecule has 0 saturated carbocycles. The molecule has 0 radical (unpaired) electrons. The molecule has 0 fully saturated rings. The van der Waals surface area contributed by atoms with Gasteiger partial charge in [-0.05, 0) is 231 Å². The molecule has 4 heterocycles. The highest BCUT2D eigenvalue weighted by atomic mass is 32.2. The predicted octanol–water partition coefficient (Wildman–Crippen LogP) is 30.9. The van der Waals surface area contributed by atoms with Crippen molar-refractivity contribution < 1.29 is 0 Å². The Morgan fingerprint density at radius 3 is 0.930 bits per heavy atom. The summed E-state index contributed by atoms with van der Waals surface area (Å²) in [7, 11) is 0. The quantitative estimate of drug-likeness (QED) is 0.150. The van der Waals surface area contributed by atoms with Gasteiger partial charge in [-0.25, -0.2) is 0 Å². The molecule has 4 nitrogen and oxygen atoms in total. The van der Waals surface area contributed by atoms with E-state index >= 15 is 0 Å². The molecule has 4 aliphatic heterocycles. The monoisotopic (exact) mass is 1490 g/mol. The molecule has 16 aromatic carbocycles. The number of anilines is 12. The normalized spacial score (nSPS) is 13.8. The Balaban J connectivity index is 0.000000110. The van der Waals surface area contributed by atoms with E-state index in [2.05, 4.69) is 477 Å². The van der Waals surface area contributed by atoms with Crippen LogP contribution < -0.4 is 19.6 Å². The average molecular weight is 1490 g/mol. The topological polar surface area (TPSA) is 13.0 Å². The molecule has 0 aromatic heterocycles. The van der Waals surface area contributed by atoms with Gasteiger partial charge in [0, 0.05) is 48.8 Å². The maximum atomic E-state index is 2.41. The van der Waals surface area contributed by atoms with Gasteiger partial charge in [0.05, 0.1) is 45.5 Å². The maximum Gasteiger partial charge on any atom is 0.0604 e. The highest BCUT2D eigenvalue weighted by molar-refractivity contribution is 7.99. The summed E-state index contributed by atoms with van der Waals surface area (Å²) < 4.78 is 0. The van der Waals surface area contributed by atoms with Gasteiger partial charge < -0.3 is 19.6 Å². The standard InChI is InChI=1S/3C28H25N.C25H19NS/c1-20-10-9-15-26-27(20)28(2,3)24-13-7-8-14-25(24)29(26)23-18-16-22(17-19-23)21-11-5-4-6-12-21;1-20-13-18-27-25(19-20)28(2,3)24-11-7-8-12-26(24)29(27)23-16-14-22(15-17-23)21-9-5-4-6-10-21;1-20-13-18-25-27(19-20)29(26-12-8-7-11-24(26)28(25,2)3)23-16-14-22(15-17-23)21-9-5-4-6-10-21;1-18-11-16-25-23(17-18)26(22-9-5-6-10-24(22)27-25)21-14-12-20(13-15-21)19-7-3-2-4-8-19/h3*4-19H,1-3H3;2-17H,1H3. The summed E-state index contributed by atoms with van der Waals surface area (Å²) >= 11 is 1.85. The molecule has 0 saturated heterocycles. The molecule has 0 aliphatic carbocycles. The number of rotatable bonds is 8. The number of benzene rings is 16. The molecule has 0 amide bonds. The minimum absolute atomic E-state index is 0.0277. The van der Waals surface area contributed by atoms with Gasteiger partial charge in [0.25, 0.3) is 0 Å². The molecule has 114 heavy (non-hydrogen) atoms. The van der Waals surface area contributed by atoms with E-state index in [1.807, 2.05) is 11.8 Å². The Bertz CT molecular complexity index is 6030. The fourth-order valence-corrected chi connectivity index (χ4v) is 18.5. The van der Waals surface area contributed by atoms with Crippen LogP contribution in [0.1, 0.15) is 97.2 Å². The van der Waals surface area contributed by atoms with Crippen molar-refractivity contribution >= 4 is 80.0 Å². The molecule has 556 valence electrons. The van der Waals surface area contributed by atoms with Gasteiger partial charge >= 0.3 is 0 Å². The van der Waals surface area contributed by atoms with Crippen LogP contribution in [-0.4, -0.2) is 0 Å². The summed E-state index contributed by atoms with van der Waals surface area (Å²) in [5.74, 6) is 0. The van der Waals surface area contributed by atoms with Crippen LogP contribution in [0.3, 0.4) is 0 Å². The van der Waals surface area contributed by atoms with Crippen molar-refractivity contribution in [3.8, 4) is 44.5 Å². The molecular weight excluding hydrogens is 1400 g/mol. The molecule has 0 spiro atoms. The average Bonchev–Trinajstić information content (AvgIpc) is 0.739. The highest BCUT2D eigenvalue weighted by Crippen LogP contribution is 2.57. The van der Waals surface area contributed by atoms with Crippen molar-refractivity contribution in [2.24, 2.45) is 0 Å². The largest absolute Gasteiger partial charge is 0.310 e. The minimum atomic E-state index is -0.0300. The molecular formula is C109H94N4S. The Kier molecular flexibility index (Phi) is 20.1. The number of aryl methyl sites for hydroxylation is 4. The lowest BCUT2D eigenvalue weighted by Crippen LogP contribution is -2.31. The molecule has 0 unspecified atom stereocenters.